The Morgan fingerprint density at radius 1 is 1.61 bits per heavy atom. The van der Waals surface area contributed by atoms with Gasteiger partial charge in [-0.3, -0.25) is 4.79 Å². The molecule has 1 amide bonds. The molecule has 7 nitrogen and oxygen atoms in total. The fraction of sp³-hybridized carbons (Fsp3) is 0.545. The molecule has 0 spiro atoms. The molecular formula is C11H14N2O5. The van der Waals surface area contributed by atoms with Gasteiger partial charge in [-0.25, -0.2) is 4.79 Å². The highest BCUT2D eigenvalue weighted by molar-refractivity contribution is 5.95. The zero-order valence-electron chi connectivity index (χ0n) is 10.1. The van der Waals surface area contributed by atoms with E-state index in [4.69, 9.17) is 14.4 Å². The van der Waals surface area contributed by atoms with E-state index in [0.717, 1.165) is 0 Å². The maximum atomic E-state index is 12.1. The second-order valence-corrected chi connectivity index (χ2v) is 4.23. The van der Waals surface area contributed by atoms with Crippen LogP contribution in [0.25, 0.3) is 0 Å². The minimum Gasteiger partial charge on any atom is -0.480 e. The summed E-state index contributed by atoms with van der Waals surface area (Å²) < 4.78 is 9.93. The van der Waals surface area contributed by atoms with Crippen molar-refractivity contribution in [1.29, 1.82) is 0 Å². The van der Waals surface area contributed by atoms with Gasteiger partial charge in [-0.2, -0.15) is 0 Å². The maximum absolute atomic E-state index is 12.1. The van der Waals surface area contributed by atoms with Gasteiger partial charge in [-0.15, -0.1) is 0 Å². The first-order valence-electron chi connectivity index (χ1n) is 5.52. The van der Waals surface area contributed by atoms with Crippen molar-refractivity contribution < 1.29 is 24.0 Å². The molecule has 1 aliphatic heterocycles. The van der Waals surface area contributed by atoms with E-state index >= 15 is 0 Å². The summed E-state index contributed by atoms with van der Waals surface area (Å²) in [5.74, 6) is -0.977. The van der Waals surface area contributed by atoms with Gasteiger partial charge in [0.25, 0.3) is 5.91 Å². The van der Waals surface area contributed by atoms with E-state index in [9.17, 15) is 9.59 Å². The first-order valence-corrected chi connectivity index (χ1v) is 5.52. The number of amides is 1. The minimum absolute atomic E-state index is 0.121. The van der Waals surface area contributed by atoms with Crippen molar-refractivity contribution >= 4 is 11.9 Å². The monoisotopic (exact) mass is 254 g/mol. The van der Waals surface area contributed by atoms with Crippen molar-refractivity contribution in [2.24, 2.45) is 0 Å². The van der Waals surface area contributed by atoms with Crippen LogP contribution in [0, 0.1) is 6.92 Å². The topological polar surface area (TPSA) is 92.9 Å². The second-order valence-electron chi connectivity index (χ2n) is 4.23. The fourth-order valence-corrected chi connectivity index (χ4v) is 2.04. The molecule has 1 N–H and O–H groups in total. The quantitative estimate of drug-likeness (QED) is 0.833. The van der Waals surface area contributed by atoms with Crippen LogP contribution in [0.2, 0.25) is 0 Å². The van der Waals surface area contributed by atoms with Crippen LogP contribution in [-0.4, -0.2) is 52.8 Å². The van der Waals surface area contributed by atoms with Crippen LogP contribution in [0.1, 0.15) is 22.7 Å². The average molecular weight is 254 g/mol. The lowest BCUT2D eigenvalue weighted by molar-refractivity contribution is -0.141. The Balaban J connectivity index is 2.20. The Morgan fingerprint density at radius 2 is 2.33 bits per heavy atom. The summed E-state index contributed by atoms with van der Waals surface area (Å²) in [6.45, 7) is 1.92. The lowest BCUT2D eigenvalue weighted by Gasteiger charge is -2.19. The highest BCUT2D eigenvalue weighted by Crippen LogP contribution is 2.22. The number of nitrogens with zero attached hydrogens (tertiary/aromatic N) is 2. The molecule has 1 aromatic rings. The molecular weight excluding hydrogens is 240 g/mol. The van der Waals surface area contributed by atoms with E-state index in [-0.39, 0.29) is 24.8 Å². The number of likely N-dealkylation sites (tertiary alicyclic amines) is 1. The smallest absolute Gasteiger partial charge is 0.326 e. The molecule has 18 heavy (non-hydrogen) atoms. The molecule has 2 rings (SSSR count). The Labute approximate surface area is 103 Å². The number of carbonyl (C=O) groups is 2. The van der Waals surface area contributed by atoms with Crippen LogP contribution in [0.5, 0.6) is 0 Å². The average Bonchev–Trinajstić information content (AvgIpc) is 2.93. The van der Waals surface area contributed by atoms with Crippen molar-refractivity contribution in [2.45, 2.75) is 25.5 Å². The van der Waals surface area contributed by atoms with Gasteiger partial charge in [0.05, 0.1) is 6.10 Å². The largest absolute Gasteiger partial charge is 0.480 e. The molecule has 0 radical (unpaired) electrons. The normalized spacial score (nSPS) is 23.3. The number of aliphatic carboxylic acids is 1. The standard InChI is InChI=1S/C11H14N2O5/c1-6-3-8(12-18-6)10(14)13-5-7(17-2)4-9(13)11(15)16/h3,7,9H,4-5H2,1-2H3,(H,15,16). The van der Waals surface area contributed by atoms with E-state index in [1.807, 2.05) is 0 Å². The van der Waals surface area contributed by atoms with Crippen molar-refractivity contribution in [2.75, 3.05) is 13.7 Å². The number of methoxy groups -OCH3 is 1. The zero-order valence-corrected chi connectivity index (χ0v) is 10.1. The number of aromatic nitrogens is 1. The van der Waals surface area contributed by atoms with E-state index in [1.165, 1.54) is 18.1 Å². The van der Waals surface area contributed by atoms with Gasteiger partial charge in [0.1, 0.15) is 11.8 Å². The second kappa shape index (κ2) is 4.77. The van der Waals surface area contributed by atoms with Crippen molar-refractivity contribution in [3.8, 4) is 0 Å². The van der Waals surface area contributed by atoms with E-state index in [0.29, 0.717) is 5.76 Å². The van der Waals surface area contributed by atoms with Crippen LogP contribution in [0.4, 0.5) is 0 Å². The third-order valence-corrected chi connectivity index (χ3v) is 2.99. The Bertz CT molecular complexity index is 470. The summed E-state index contributed by atoms with van der Waals surface area (Å²) in [4.78, 5) is 24.5. The van der Waals surface area contributed by atoms with Crippen molar-refractivity contribution in [3.63, 3.8) is 0 Å². The lowest BCUT2D eigenvalue weighted by Crippen LogP contribution is -2.40. The third kappa shape index (κ3) is 2.21. The molecule has 1 aliphatic rings. The number of carboxylic acids is 1. The summed E-state index contributed by atoms with van der Waals surface area (Å²) >= 11 is 0. The summed E-state index contributed by atoms with van der Waals surface area (Å²) in [6.07, 6.45) is 0.0251. The van der Waals surface area contributed by atoms with Gasteiger partial charge in [0.2, 0.25) is 0 Å². The lowest BCUT2D eigenvalue weighted by atomic mass is 10.2. The van der Waals surface area contributed by atoms with Crippen molar-refractivity contribution in [1.82, 2.24) is 10.1 Å². The Hall–Kier alpha value is -1.89. The van der Waals surface area contributed by atoms with Crippen LogP contribution >= 0.6 is 0 Å². The van der Waals surface area contributed by atoms with Crippen LogP contribution in [0.3, 0.4) is 0 Å². The molecule has 0 bridgehead atoms. The van der Waals surface area contributed by atoms with E-state index in [1.54, 1.807) is 6.92 Å². The molecule has 7 heteroatoms. The molecule has 2 atom stereocenters. The predicted molar refractivity (Wildman–Crippen MR) is 59.1 cm³/mol. The number of hydrogen-bond acceptors (Lipinski definition) is 5. The van der Waals surface area contributed by atoms with E-state index in [2.05, 4.69) is 5.16 Å². The molecule has 98 valence electrons. The molecule has 2 heterocycles. The highest BCUT2D eigenvalue weighted by atomic mass is 16.5. The van der Waals surface area contributed by atoms with Gasteiger partial charge >= 0.3 is 5.97 Å². The van der Waals surface area contributed by atoms with Crippen molar-refractivity contribution in [3.05, 3.63) is 17.5 Å². The first-order chi connectivity index (χ1) is 8.52. The summed E-state index contributed by atoms with van der Waals surface area (Å²) in [5, 5.41) is 12.7. The Morgan fingerprint density at radius 3 is 2.83 bits per heavy atom. The van der Waals surface area contributed by atoms with Gasteiger partial charge in [0.15, 0.2) is 5.69 Å². The van der Waals surface area contributed by atoms with Crippen LogP contribution < -0.4 is 0 Å². The number of aryl methyl sites for hydroxylation is 1. The minimum atomic E-state index is -1.04. The molecule has 0 aromatic carbocycles. The van der Waals surface area contributed by atoms with Crippen LogP contribution in [0.15, 0.2) is 10.6 Å². The molecule has 2 unspecified atom stereocenters. The number of rotatable bonds is 3. The molecule has 1 fully saturated rings. The maximum Gasteiger partial charge on any atom is 0.326 e. The zero-order chi connectivity index (χ0) is 13.3. The fourth-order valence-electron chi connectivity index (χ4n) is 2.04. The summed E-state index contributed by atoms with van der Waals surface area (Å²) in [7, 11) is 1.50. The number of ether oxygens (including phenoxy) is 1. The first kappa shape index (κ1) is 12.6. The summed E-state index contributed by atoms with van der Waals surface area (Å²) in [5.41, 5.74) is 0.121. The molecule has 0 aliphatic carbocycles. The van der Waals surface area contributed by atoms with Gasteiger partial charge < -0.3 is 19.3 Å². The highest BCUT2D eigenvalue weighted by Gasteiger charge is 2.40. The SMILES string of the molecule is COC1CC(C(=O)O)N(C(=O)c2cc(C)on2)C1. The van der Waals surface area contributed by atoms with Gasteiger partial charge in [0, 0.05) is 26.1 Å². The molecule has 0 saturated carbocycles. The predicted octanol–water partition coefficient (Wildman–Crippen LogP) is 0.297. The molecule has 1 saturated heterocycles. The number of hydrogen-bond donors (Lipinski definition) is 1. The van der Waals surface area contributed by atoms with Gasteiger partial charge in [-0.1, -0.05) is 5.16 Å². The number of carboxylic acid groups (broad SMARTS) is 1. The Kier molecular flexibility index (Phi) is 3.33. The van der Waals surface area contributed by atoms with Gasteiger partial charge in [-0.05, 0) is 6.92 Å². The third-order valence-electron chi connectivity index (χ3n) is 2.99. The summed E-state index contributed by atoms with van der Waals surface area (Å²) in [6, 6.07) is 0.612. The number of carbonyl (C=O) groups excluding carboxylic acids is 1. The van der Waals surface area contributed by atoms with Crippen LogP contribution in [-0.2, 0) is 9.53 Å². The van der Waals surface area contributed by atoms with E-state index < -0.39 is 17.9 Å². The molecule has 1 aromatic heterocycles.